The number of carbonyl (C=O) groups excluding carboxylic acids is 2. The summed E-state index contributed by atoms with van der Waals surface area (Å²) < 4.78 is 0. The molecule has 0 bridgehead atoms. The zero-order chi connectivity index (χ0) is 22.2. The van der Waals surface area contributed by atoms with Gasteiger partial charge in [0.05, 0.1) is 24.3 Å². The Labute approximate surface area is 190 Å². The van der Waals surface area contributed by atoms with E-state index in [0.29, 0.717) is 22.9 Å². The highest BCUT2D eigenvalue weighted by Gasteiger charge is 2.14. The van der Waals surface area contributed by atoms with Crippen LogP contribution in [0.1, 0.15) is 21.6 Å². The van der Waals surface area contributed by atoms with Crippen molar-refractivity contribution in [1.29, 1.82) is 0 Å². The first-order valence-corrected chi connectivity index (χ1v) is 11.0. The predicted octanol–water partition coefficient (Wildman–Crippen LogP) is 4.68. The molecule has 3 aromatic carbocycles. The number of benzene rings is 3. The quantitative estimate of drug-likeness (QED) is 0.389. The van der Waals surface area contributed by atoms with Gasteiger partial charge in [-0.05, 0) is 29.8 Å². The van der Waals surface area contributed by atoms with Crippen molar-refractivity contribution in [2.45, 2.75) is 13.0 Å². The molecule has 0 unspecified atom stereocenters. The minimum absolute atomic E-state index is 0.107. The highest BCUT2D eigenvalue weighted by Crippen LogP contribution is 2.18. The molecule has 0 aliphatic heterocycles. The molecule has 6 nitrogen and oxygen atoms in total. The number of thiazole rings is 1. The summed E-state index contributed by atoms with van der Waals surface area (Å²) in [7, 11) is 0. The molecule has 1 heterocycles. The summed E-state index contributed by atoms with van der Waals surface area (Å²) in [6.07, 6.45) is 0.107. The van der Waals surface area contributed by atoms with Gasteiger partial charge in [0.25, 0.3) is 5.91 Å². The van der Waals surface area contributed by atoms with E-state index in [1.54, 1.807) is 29.6 Å². The van der Waals surface area contributed by atoms with Gasteiger partial charge >= 0.3 is 0 Å². The van der Waals surface area contributed by atoms with E-state index in [1.807, 2.05) is 71.7 Å². The van der Waals surface area contributed by atoms with Crippen LogP contribution in [0.4, 0.5) is 10.8 Å². The summed E-state index contributed by atoms with van der Waals surface area (Å²) in [5.74, 6) is -0.412. The molecular weight excluding hydrogens is 420 g/mol. The van der Waals surface area contributed by atoms with Crippen LogP contribution >= 0.6 is 11.3 Å². The number of hydrazine groups is 1. The predicted molar refractivity (Wildman–Crippen MR) is 127 cm³/mol. The second-order valence-electron chi connectivity index (χ2n) is 7.08. The minimum atomic E-state index is -0.228. The van der Waals surface area contributed by atoms with Crippen LogP contribution in [0.2, 0.25) is 0 Å². The lowest BCUT2D eigenvalue weighted by atomic mass is 10.2. The average molecular weight is 443 g/mol. The Morgan fingerprint density at radius 3 is 2.16 bits per heavy atom. The van der Waals surface area contributed by atoms with E-state index in [9.17, 15) is 9.59 Å². The first-order chi connectivity index (χ1) is 15.7. The third-order valence-corrected chi connectivity index (χ3v) is 5.47. The fourth-order valence-corrected chi connectivity index (χ4v) is 3.83. The summed E-state index contributed by atoms with van der Waals surface area (Å²) in [4.78, 5) is 29.4. The lowest BCUT2D eigenvalue weighted by Crippen LogP contribution is -2.42. The van der Waals surface area contributed by atoms with Crippen molar-refractivity contribution in [3.8, 4) is 0 Å². The van der Waals surface area contributed by atoms with Crippen molar-refractivity contribution in [2.75, 3.05) is 10.3 Å². The molecule has 0 aliphatic carbocycles. The molecular formula is C25H22N4O2S. The van der Waals surface area contributed by atoms with Crippen molar-refractivity contribution in [1.82, 2.24) is 10.4 Å². The zero-order valence-electron chi connectivity index (χ0n) is 17.3. The van der Waals surface area contributed by atoms with Crippen molar-refractivity contribution in [2.24, 2.45) is 0 Å². The molecule has 2 amide bonds. The summed E-state index contributed by atoms with van der Waals surface area (Å²) >= 11 is 1.30. The van der Waals surface area contributed by atoms with Crippen molar-refractivity contribution in [3.05, 3.63) is 113 Å². The Morgan fingerprint density at radius 1 is 0.844 bits per heavy atom. The van der Waals surface area contributed by atoms with Crippen LogP contribution in [0.15, 0.2) is 96.4 Å². The molecule has 2 N–H and O–H groups in total. The van der Waals surface area contributed by atoms with Crippen LogP contribution in [0.3, 0.4) is 0 Å². The number of nitrogens with zero attached hydrogens (tertiary/aromatic N) is 2. The Morgan fingerprint density at radius 2 is 1.47 bits per heavy atom. The fraction of sp³-hybridized carbons (Fsp3) is 0.0800. The Balaban J connectivity index is 1.39. The van der Waals surface area contributed by atoms with E-state index in [-0.39, 0.29) is 18.2 Å². The molecule has 0 fully saturated rings. The average Bonchev–Trinajstić information content (AvgIpc) is 3.27. The Bertz CT molecular complexity index is 1160. The molecule has 0 atom stereocenters. The van der Waals surface area contributed by atoms with Crippen LogP contribution in [0.25, 0.3) is 0 Å². The van der Waals surface area contributed by atoms with Crippen LogP contribution in [-0.4, -0.2) is 16.8 Å². The Kier molecular flexibility index (Phi) is 6.89. The normalized spacial score (nSPS) is 10.4. The maximum Gasteiger partial charge on any atom is 0.257 e. The number of para-hydroxylation sites is 1. The van der Waals surface area contributed by atoms with Gasteiger partial charge < -0.3 is 0 Å². The molecule has 0 aliphatic rings. The van der Waals surface area contributed by atoms with Gasteiger partial charge in [-0.2, -0.15) is 0 Å². The molecule has 4 rings (SSSR count). The molecule has 0 saturated carbocycles. The van der Waals surface area contributed by atoms with E-state index >= 15 is 0 Å². The summed E-state index contributed by atoms with van der Waals surface area (Å²) in [5.41, 5.74) is 6.10. The van der Waals surface area contributed by atoms with E-state index in [0.717, 1.165) is 11.3 Å². The van der Waals surface area contributed by atoms with Crippen molar-refractivity contribution >= 4 is 34.0 Å². The van der Waals surface area contributed by atoms with E-state index in [2.05, 4.69) is 15.7 Å². The standard InChI is InChI=1S/C25H22N4O2S/c30-23(16-21-18-32-25(26-21)27-24(31)20-12-6-2-7-13-20)28-29(22-14-8-3-9-15-22)17-19-10-4-1-5-11-19/h1-15,18H,16-17H2,(H,28,30)(H,26,27,31). The highest BCUT2D eigenvalue weighted by molar-refractivity contribution is 7.14. The van der Waals surface area contributed by atoms with E-state index in [1.165, 1.54) is 11.3 Å². The van der Waals surface area contributed by atoms with Gasteiger partial charge in [0.15, 0.2) is 5.13 Å². The van der Waals surface area contributed by atoms with Gasteiger partial charge in [0, 0.05) is 10.9 Å². The van der Waals surface area contributed by atoms with Crippen LogP contribution in [0, 0.1) is 0 Å². The minimum Gasteiger partial charge on any atom is -0.298 e. The fourth-order valence-electron chi connectivity index (χ4n) is 3.13. The number of rotatable bonds is 8. The SMILES string of the molecule is O=C(Cc1csc(NC(=O)c2ccccc2)n1)NN(Cc1ccccc1)c1ccccc1. The summed E-state index contributed by atoms with van der Waals surface area (Å²) in [6, 6.07) is 28.6. The summed E-state index contributed by atoms with van der Waals surface area (Å²) in [6.45, 7) is 0.534. The lowest BCUT2D eigenvalue weighted by molar-refractivity contribution is -0.120. The molecule has 1 aromatic heterocycles. The topological polar surface area (TPSA) is 74.3 Å². The molecule has 0 spiro atoms. The third kappa shape index (κ3) is 5.80. The van der Waals surface area contributed by atoms with Gasteiger partial charge in [0.2, 0.25) is 5.91 Å². The van der Waals surface area contributed by atoms with E-state index < -0.39 is 0 Å². The maximum atomic E-state index is 12.8. The lowest BCUT2D eigenvalue weighted by Gasteiger charge is -2.25. The molecule has 0 radical (unpaired) electrons. The number of anilines is 2. The first-order valence-electron chi connectivity index (χ1n) is 10.1. The zero-order valence-corrected chi connectivity index (χ0v) is 18.1. The van der Waals surface area contributed by atoms with Crippen LogP contribution in [0.5, 0.6) is 0 Å². The van der Waals surface area contributed by atoms with Crippen LogP contribution in [-0.2, 0) is 17.8 Å². The van der Waals surface area contributed by atoms with Gasteiger partial charge in [-0.1, -0.05) is 66.7 Å². The van der Waals surface area contributed by atoms with Gasteiger partial charge in [-0.15, -0.1) is 11.3 Å². The van der Waals surface area contributed by atoms with Gasteiger partial charge in [0.1, 0.15) is 0 Å². The maximum absolute atomic E-state index is 12.8. The Hall–Kier alpha value is -3.97. The number of hydrogen-bond donors (Lipinski definition) is 2. The molecule has 4 aromatic rings. The number of nitrogens with one attached hydrogen (secondary N) is 2. The monoisotopic (exact) mass is 442 g/mol. The van der Waals surface area contributed by atoms with Gasteiger partial charge in [-0.25, -0.2) is 4.98 Å². The highest BCUT2D eigenvalue weighted by atomic mass is 32.1. The first kappa shape index (κ1) is 21.3. The molecule has 0 saturated heterocycles. The van der Waals surface area contributed by atoms with Gasteiger partial charge in [-0.3, -0.25) is 25.3 Å². The smallest absolute Gasteiger partial charge is 0.257 e. The molecule has 32 heavy (non-hydrogen) atoms. The van der Waals surface area contributed by atoms with Crippen molar-refractivity contribution in [3.63, 3.8) is 0 Å². The number of hydrogen-bond acceptors (Lipinski definition) is 5. The van der Waals surface area contributed by atoms with Crippen molar-refractivity contribution < 1.29 is 9.59 Å². The molecule has 160 valence electrons. The number of amides is 2. The third-order valence-electron chi connectivity index (χ3n) is 4.66. The largest absolute Gasteiger partial charge is 0.298 e. The van der Waals surface area contributed by atoms with Crippen LogP contribution < -0.4 is 15.8 Å². The number of aromatic nitrogens is 1. The van der Waals surface area contributed by atoms with E-state index in [4.69, 9.17) is 0 Å². The summed E-state index contributed by atoms with van der Waals surface area (Å²) in [5, 5.41) is 6.84. The molecule has 7 heteroatoms. The second kappa shape index (κ2) is 10.4. The second-order valence-corrected chi connectivity index (χ2v) is 7.94. The number of carbonyl (C=O) groups is 2.